The average Bonchev–Trinajstić information content (AvgIpc) is 3.32. The molecule has 0 bridgehead atoms. The maximum atomic E-state index is 12.9. The number of hydrogen-bond acceptors (Lipinski definition) is 3. The smallest absolute Gasteiger partial charge is 0.223 e. The van der Waals surface area contributed by atoms with E-state index in [4.69, 9.17) is 4.98 Å². The van der Waals surface area contributed by atoms with E-state index >= 15 is 0 Å². The van der Waals surface area contributed by atoms with Gasteiger partial charge >= 0.3 is 0 Å². The highest BCUT2D eigenvalue weighted by Gasteiger charge is 2.37. The molecule has 1 aromatic carbocycles. The Labute approximate surface area is 146 Å². The number of imidazole rings is 1. The van der Waals surface area contributed by atoms with E-state index in [0.29, 0.717) is 12.3 Å². The summed E-state index contributed by atoms with van der Waals surface area (Å²) in [5.41, 5.74) is 3.92. The Balaban J connectivity index is 1.58. The highest BCUT2D eigenvalue weighted by atomic mass is 16.2. The van der Waals surface area contributed by atoms with Crippen LogP contribution in [0.3, 0.4) is 0 Å². The van der Waals surface area contributed by atoms with E-state index in [1.54, 1.807) is 6.33 Å². The Kier molecular flexibility index (Phi) is 3.33. The molecule has 25 heavy (non-hydrogen) atoms. The third kappa shape index (κ3) is 2.60. The van der Waals surface area contributed by atoms with E-state index in [1.807, 2.05) is 29.2 Å². The van der Waals surface area contributed by atoms with E-state index in [9.17, 15) is 4.79 Å². The molecule has 3 aromatic rings. The molecule has 0 spiro atoms. The van der Waals surface area contributed by atoms with Crippen molar-refractivity contribution >= 4 is 16.8 Å². The van der Waals surface area contributed by atoms with Crippen molar-refractivity contribution in [3.8, 4) is 0 Å². The summed E-state index contributed by atoms with van der Waals surface area (Å²) in [7, 11) is 0. The van der Waals surface area contributed by atoms with Gasteiger partial charge < -0.3 is 9.88 Å². The molecule has 1 fully saturated rings. The summed E-state index contributed by atoms with van der Waals surface area (Å²) in [6.45, 7) is 0.722. The zero-order valence-corrected chi connectivity index (χ0v) is 14.0. The molecule has 1 atom stereocenters. The van der Waals surface area contributed by atoms with Crippen LogP contribution in [0.4, 0.5) is 0 Å². The minimum atomic E-state index is -0.189. The molecular weight excluding hydrogens is 312 g/mol. The first-order chi connectivity index (χ1) is 12.3. The molecule has 0 saturated heterocycles. The van der Waals surface area contributed by atoms with Crippen LogP contribution in [0.2, 0.25) is 0 Å². The summed E-state index contributed by atoms with van der Waals surface area (Å²) >= 11 is 0. The summed E-state index contributed by atoms with van der Waals surface area (Å²) in [5, 5.41) is 1.11. The number of hydrogen-bond donors (Lipinski definition) is 1. The summed E-state index contributed by atoms with van der Waals surface area (Å²) in [6, 6.07) is 12.0. The van der Waals surface area contributed by atoms with Crippen LogP contribution in [0, 0.1) is 5.92 Å². The van der Waals surface area contributed by atoms with Crippen LogP contribution in [0.15, 0.2) is 42.7 Å². The number of H-pyrrole nitrogens is 1. The molecule has 126 valence electrons. The van der Waals surface area contributed by atoms with Crippen molar-refractivity contribution in [2.45, 2.75) is 31.7 Å². The number of aromatic nitrogens is 3. The molecule has 0 unspecified atom stereocenters. The number of para-hydroxylation sites is 1. The number of nitrogens with one attached hydrogen (secondary N) is 1. The SMILES string of the molecule is O=C(CC1CC1)N1CCc2[nH]cnc2[C@H]1c1ccc2ccccc2n1. The zero-order valence-electron chi connectivity index (χ0n) is 14.0. The van der Waals surface area contributed by atoms with Crippen LogP contribution in [0.1, 0.15) is 42.4 Å². The molecular formula is C20H20N4O. The van der Waals surface area contributed by atoms with Crippen LogP contribution >= 0.6 is 0 Å². The minimum Gasteiger partial charge on any atom is -0.348 e. The molecule has 1 saturated carbocycles. The van der Waals surface area contributed by atoms with Crippen molar-refractivity contribution < 1.29 is 4.79 Å². The van der Waals surface area contributed by atoms with Gasteiger partial charge in [0.15, 0.2) is 0 Å². The van der Waals surface area contributed by atoms with Crippen LogP contribution in [-0.4, -0.2) is 32.3 Å². The lowest BCUT2D eigenvalue weighted by molar-refractivity contribution is -0.133. The van der Waals surface area contributed by atoms with Crippen molar-refractivity contribution in [1.29, 1.82) is 0 Å². The number of carbonyl (C=O) groups is 1. The Morgan fingerprint density at radius 2 is 2.08 bits per heavy atom. The Hall–Kier alpha value is -2.69. The average molecular weight is 332 g/mol. The molecule has 2 aromatic heterocycles. The Morgan fingerprint density at radius 1 is 1.20 bits per heavy atom. The van der Waals surface area contributed by atoms with Crippen molar-refractivity contribution in [2.75, 3.05) is 6.54 Å². The molecule has 5 heteroatoms. The number of rotatable bonds is 3. The molecule has 1 aliphatic heterocycles. The minimum absolute atomic E-state index is 0.189. The predicted molar refractivity (Wildman–Crippen MR) is 94.9 cm³/mol. The number of amides is 1. The van der Waals surface area contributed by atoms with Gasteiger partial charge in [-0.15, -0.1) is 0 Å². The maximum Gasteiger partial charge on any atom is 0.223 e. The Morgan fingerprint density at radius 3 is 2.96 bits per heavy atom. The van der Waals surface area contributed by atoms with Crippen LogP contribution < -0.4 is 0 Å². The first-order valence-electron chi connectivity index (χ1n) is 8.97. The number of aromatic amines is 1. The number of fused-ring (bicyclic) bond motifs is 2. The first-order valence-corrected chi connectivity index (χ1v) is 8.97. The molecule has 0 radical (unpaired) electrons. The second kappa shape index (κ2) is 5.69. The molecule has 5 rings (SSSR count). The fraction of sp³-hybridized carbons (Fsp3) is 0.350. The van der Waals surface area contributed by atoms with Crippen molar-refractivity contribution in [3.05, 3.63) is 59.8 Å². The number of benzene rings is 1. The van der Waals surface area contributed by atoms with Crippen LogP contribution in [0.25, 0.3) is 10.9 Å². The monoisotopic (exact) mass is 332 g/mol. The summed E-state index contributed by atoms with van der Waals surface area (Å²) in [4.78, 5) is 27.5. The zero-order chi connectivity index (χ0) is 16.8. The van der Waals surface area contributed by atoms with Gasteiger partial charge in [-0.2, -0.15) is 0 Å². The largest absolute Gasteiger partial charge is 0.348 e. The molecule has 2 aliphatic rings. The molecule has 1 aliphatic carbocycles. The standard InChI is InChI=1S/C20H20N4O/c25-18(11-13-5-6-13)24-10-9-16-19(22-12-21-16)20(24)17-8-7-14-3-1-2-4-15(14)23-17/h1-4,7-8,12-13,20H,5-6,9-11H2,(H,21,22)/t20-/m1/s1. The fourth-order valence-electron chi connectivity index (χ4n) is 3.77. The summed E-state index contributed by atoms with van der Waals surface area (Å²) in [6.07, 6.45) is 5.59. The quantitative estimate of drug-likeness (QED) is 0.801. The van der Waals surface area contributed by atoms with Gasteiger partial charge in [-0.05, 0) is 30.9 Å². The fourth-order valence-corrected chi connectivity index (χ4v) is 3.77. The highest BCUT2D eigenvalue weighted by Crippen LogP contribution is 2.37. The van der Waals surface area contributed by atoms with E-state index in [2.05, 4.69) is 22.1 Å². The van der Waals surface area contributed by atoms with Gasteiger partial charge in [-0.1, -0.05) is 24.3 Å². The number of nitrogens with zero attached hydrogens (tertiary/aromatic N) is 3. The molecule has 3 heterocycles. The van der Waals surface area contributed by atoms with Gasteiger partial charge in [0.05, 0.1) is 23.2 Å². The molecule has 5 nitrogen and oxygen atoms in total. The van der Waals surface area contributed by atoms with Crippen molar-refractivity contribution in [2.24, 2.45) is 5.92 Å². The molecule has 1 amide bonds. The Bertz CT molecular complexity index is 944. The normalized spacial score (nSPS) is 19.8. The highest BCUT2D eigenvalue weighted by molar-refractivity contribution is 5.80. The summed E-state index contributed by atoms with van der Waals surface area (Å²) in [5.74, 6) is 0.814. The van der Waals surface area contributed by atoms with Crippen LogP contribution in [-0.2, 0) is 11.2 Å². The maximum absolute atomic E-state index is 12.9. The lowest BCUT2D eigenvalue weighted by atomic mass is 9.98. The van der Waals surface area contributed by atoms with E-state index in [0.717, 1.165) is 41.0 Å². The van der Waals surface area contributed by atoms with E-state index in [-0.39, 0.29) is 11.9 Å². The third-order valence-electron chi connectivity index (χ3n) is 5.31. The second-order valence-electron chi connectivity index (χ2n) is 7.08. The van der Waals surface area contributed by atoms with Crippen molar-refractivity contribution in [1.82, 2.24) is 19.9 Å². The number of pyridine rings is 1. The van der Waals surface area contributed by atoms with Gasteiger partial charge in [0, 0.05) is 30.5 Å². The van der Waals surface area contributed by atoms with Gasteiger partial charge in [0.2, 0.25) is 5.91 Å². The topological polar surface area (TPSA) is 61.9 Å². The molecule has 1 N–H and O–H groups in total. The van der Waals surface area contributed by atoms with Crippen LogP contribution in [0.5, 0.6) is 0 Å². The second-order valence-corrected chi connectivity index (χ2v) is 7.08. The first kappa shape index (κ1) is 14.6. The van der Waals surface area contributed by atoms with Gasteiger partial charge in [-0.25, -0.2) is 4.98 Å². The summed E-state index contributed by atoms with van der Waals surface area (Å²) < 4.78 is 0. The van der Waals surface area contributed by atoms with E-state index < -0.39 is 0 Å². The van der Waals surface area contributed by atoms with E-state index in [1.165, 1.54) is 12.8 Å². The third-order valence-corrected chi connectivity index (χ3v) is 5.31. The predicted octanol–water partition coefficient (Wildman–Crippen LogP) is 3.23. The lowest BCUT2D eigenvalue weighted by Crippen LogP contribution is -2.41. The lowest BCUT2D eigenvalue weighted by Gasteiger charge is -2.35. The number of carbonyl (C=O) groups excluding carboxylic acids is 1. The van der Waals surface area contributed by atoms with Gasteiger partial charge in [-0.3, -0.25) is 9.78 Å². The van der Waals surface area contributed by atoms with Crippen molar-refractivity contribution in [3.63, 3.8) is 0 Å². The van der Waals surface area contributed by atoms with Gasteiger partial charge in [0.1, 0.15) is 6.04 Å². The van der Waals surface area contributed by atoms with Gasteiger partial charge in [0.25, 0.3) is 0 Å².